The number of aromatic nitrogens is 1. The van der Waals surface area contributed by atoms with Gasteiger partial charge in [0.15, 0.2) is 0 Å². The van der Waals surface area contributed by atoms with Crippen LogP contribution < -0.4 is 26.0 Å². The number of halogens is 4. The maximum Gasteiger partial charge on any atom is 0.447 e. The van der Waals surface area contributed by atoms with E-state index in [9.17, 15) is 22.4 Å². The third-order valence-corrected chi connectivity index (χ3v) is 6.85. The van der Waals surface area contributed by atoms with E-state index in [0.717, 1.165) is 0 Å². The van der Waals surface area contributed by atoms with Crippen molar-refractivity contribution in [1.29, 1.82) is 0 Å². The highest BCUT2D eigenvalue weighted by Crippen LogP contribution is 2.40. The lowest BCUT2D eigenvalue weighted by molar-refractivity contribution is -0.0329. The van der Waals surface area contributed by atoms with Crippen molar-refractivity contribution < 1.29 is 27.1 Å². The van der Waals surface area contributed by atoms with Crippen molar-refractivity contribution in [2.45, 2.75) is 29.2 Å². The standard InChI is InChI=1S/C26H27F4N5O2S/c1-31-24(36)16-7-8-23(37-2)21(13-16)33-10-3-5-17-14-22-20(34-19-9-11-32-15-18(19)27)6-4-12-35(22)25(17)38-26(28,29)30/h4,6-8,12-14,18-19,32-34H,9-11,15H2,1-2H3,(H,31,36)/t18?,19-/m1/s1. The first-order chi connectivity index (χ1) is 18.2. The number of hydrogen-bond donors (Lipinski definition) is 4. The van der Waals surface area contributed by atoms with E-state index < -0.39 is 17.7 Å². The Kier molecular flexibility index (Phi) is 8.58. The van der Waals surface area contributed by atoms with E-state index in [2.05, 4.69) is 33.1 Å². The molecule has 4 rings (SSSR count). The van der Waals surface area contributed by atoms with E-state index in [4.69, 9.17) is 4.74 Å². The fourth-order valence-corrected chi connectivity index (χ4v) is 4.89. The van der Waals surface area contributed by atoms with Crippen molar-refractivity contribution in [2.75, 3.05) is 44.4 Å². The Hall–Kier alpha value is -3.56. The Morgan fingerprint density at radius 3 is 2.79 bits per heavy atom. The predicted molar refractivity (Wildman–Crippen MR) is 141 cm³/mol. The molecule has 1 saturated heterocycles. The number of rotatable bonds is 7. The van der Waals surface area contributed by atoms with Gasteiger partial charge in [0.2, 0.25) is 0 Å². The molecule has 0 bridgehead atoms. The molecule has 1 unspecified atom stereocenters. The molecule has 7 nitrogen and oxygen atoms in total. The molecule has 2 atom stereocenters. The number of carbonyl (C=O) groups is 1. The normalized spacial score (nSPS) is 17.4. The van der Waals surface area contributed by atoms with E-state index in [1.807, 2.05) is 0 Å². The van der Waals surface area contributed by atoms with Gasteiger partial charge >= 0.3 is 5.51 Å². The molecule has 1 amide bonds. The number of ether oxygens (including phenoxy) is 1. The Morgan fingerprint density at radius 1 is 1.26 bits per heavy atom. The number of amides is 1. The molecule has 38 heavy (non-hydrogen) atoms. The van der Waals surface area contributed by atoms with Crippen LogP contribution in [-0.2, 0) is 0 Å². The summed E-state index contributed by atoms with van der Waals surface area (Å²) in [5.41, 5.74) is -2.40. The lowest BCUT2D eigenvalue weighted by Crippen LogP contribution is -2.45. The minimum atomic E-state index is -4.53. The average Bonchev–Trinajstić information content (AvgIpc) is 3.24. The molecule has 0 radical (unpaired) electrons. The van der Waals surface area contributed by atoms with Gasteiger partial charge in [0.25, 0.3) is 5.91 Å². The zero-order valence-corrected chi connectivity index (χ0v) is 21.5. The van der Waals surface area contributed by atoms with Gasteiger partial charge < -0.3 is 30.4 Å². The van der Waals surface area contributed by atoms with Crippen molar-refractivity contribution in [2.24, 2.45) is 0 Å². The first-order valence-corrected chi connectivity index (χ1v) is 12.7. The quantitative estimate of drug-likeness (QED) is 0.198. The number of nitrogens with one attached hydrogen (secondary N) is 4. The molecule has 12 heteroatoms. The highest BCUT2D eigenvalue weighted by atomic mass is 32.2. The number of pyridine rings is 1. The highest BCUT2D eigenvalue weighted by molar-refractivity contribution is 8.00. The number of carbonyl (C=O) groups excluding carboxylic acids is 1. The average molecular weight is 550 g/mol. The zero-order valence-electron chi connectivity index (χ0n) is 20.7. The van der Waals surface area contributed by atoms with Crippen molar-refractivity contribution in [3.63, 3.8) is 0 Å². The van der Waals surface area contributed by atoms with Crippen LogP contribution in [0.25, 0.3) is 5.52 Å². The van der Waals surface area contributed by atoms with E-state index in [1.165, 1.54) is 24.8 Å². The number of thioether (sulfide) groups is 1. The van der Waals surface area contributed by atoms with Gasteiger partial charge in [0, 0.05) is 37.1 Å². The molecule has 3 aromatic rings. The molecule has 1 aliphatic rings. The summed E-state index contributed by atoms with van der Waals surface area (Å²) in [6, 6.07) is 9.32. The SMILES string of the molecule is CNC(=O)c1ccc(OC)c(NCC#Cc2cc3c(N[C@@H]4CCNCC4F)cccn3c2SC(F)(F)F)c1. The molecule has 4 N–H and O–H groups in total. The second-order valence-corrected chi connectivity index (χ2v) is 9.55. The van der Waals surface area contributed by atoms with Crippen LogP contribution in [0.5, 0.6) is 5.75 Å². The van der Waals surface area contributed by atoms with E-state index in [0.29, 0.717) is 41.2 Å². The zero-order chi connectivity index (χ0) is 27.3. The van der Waals surface area contributed by atoms with Crippen LogP contribution in [0.1, 0.15) is 22.3 Å². The van der Waals surface area contributed by atoms with Gasteiger partial charge in [-0.05, 0) is 49.4 Å². The van der Waals surface area contributed by atoms with Crippen LogP contribution in [0.2, 0.25) is 0 Å². The van der Waals surface area contributed by atoms with Crippen molar-refractivity contribution in [3.05, 3.63) is 53.7 Å². The van der Waals surface area contributed by atoms with Gasteiger partial charge in [0.1, 0.15) is 16.9 Å². The lowest BCUT2D eigenvalue weighted by atomic mass is 10.0. The number of piperidine rings is 1. The Labute approximate surface area is 221 Å². The van der Waals surface area contributed by atoms with Crippen LogP contribution in [0.4, 0.5) is 28.9 Å². The topological polar surface area (TPSA) is 78.8 Å². The number of hydrogen-bond acceptors (Lipinski definition) is 6. The molecule has 1 aliphatic heterocycles. The molecule has 0 aliphatic carbocycles. The van der Waals surface area contributed by atoms with Gasteiger partial charge in [0.05, 0.1) is 42.2 Å². The van der Waals surface area contributed by atoms with Crippen molar-refractivity contribution in [3.8, 4) is 17.6 Å². The lowest BCUT2D eigenvalue weighted by Gasteiger charge is -2.28. The number of nitrogens with zero attached hydrogens (tertiary/aromatic N) is 1. The third kappa shape index (κ3) is 6.46. The van der Waals surface area contributed by atoms with Gasteiger partial charge in [-0.3, -0.25) is 4.79 Å². The first-order valence-electron chi connectivity index (χ1n) is 11.8. The van der Waals surface area contributed by atoms with Gasteiger partial charge in [-0.1, -0.05) is 11.8 Å². The van der Waals surface area contributed by atoms with Crippen LogP contribution in [0.15, 0.2) is 47.6 Å². The summed E-state index contributed by atoms with van der Waals surface area (Å²) >= 11 is -0.249. The number of anilines is 2. The number of fused-ring (bicyclic) bond motifs is 1. The summed E-state index contributed by atoms with van der Waals surface area (Å²) < 4.78 is 61.5. The van der Waals surface area contributed by atoms with E-state index in [1.54, 1.807) is 36.4 Å². The van der Waals surface area contributed by atoms with Crippen LogP contribution >= 0.6 is 11.8 Å². The Bertz CT molecular complexity index is 1370. The fourth-order valence-electron chi connectivity index (χ4n) is 4.19. The van der Waals surface area contributed by atoms with Crippen LogP contribution in [0.3, 0.4) is 0 Å². The Morgan fingerprint density at radius 2 is 2.08 bits per heavy atom. The molecule has 0 spiro atoms. The fraction of sp³-hybridized carbons (Fsp3) is 0.346. The first kappa shape index (κ1) is 27.5. The minimum absolute atomic E-state index is 0.0787. The number of methoxy groups -OCH3 is 1. The molecular formula is C26H27F4N5O2S. The Balaban J connectivity index is 1.62. The van der Waals surface area contributed by atoms with Crippen LogP contribution in [0, 0.1) is 11.8 Å². The second-order valence-electron chi connectivity index (χ2n) is 8.50. The summed E-state index contributed by atoms with van der Waals surface area (Å²) in [5, 5.41) is 11.7. The third-order valence-electron chi connectivity index (χ3n) is 6.00. The number of alkyl halides is 4. The monoisotopic (exact) mass is 549 g/mol. The molecule has 1 fully saturated rings. The summed E-state index contributed by atoms with van der Waals surface area (Å²) in [6.45, 7) is 0.953. The molecule has 0 saturated carbocycles. The largest absolute Gasteiger partial charge is 0.495 e. The summed E-state index contributed by atoms with van der Waals surface area (Å²) in [7, 11) is 3.01. The molecule has 3 heterocycles. The maximum atomic E-state index is 14.4. The van der Waals surface area contributed by atoms with E-state index >= 15 is 0 Å². The maximum absolute atomic E-state index is 14.4. The molecular weight excluding hydrogens is 522 g/mol. The summed E-state index contributed by atoms with van der Waals surface area (Å²) in [4.78, 5) is 12.0. The van der Waals surface area contributed by atoms with Crippen molar-refractivity contribution in [1.82, 2.24) is 15.0 Å². The molecule has 202 valence electrons. The summed E-state index contributed by atoms with van der Waals surface area (Å²) in [6.07, 6.45) is 0.964. The van der Waals surface area contributed by atoms with Gasteiger partial charge in [-0.25, -0.2) is 4.39 Å². The van der Waals surface area contributed by atoms with E-state index in [-0.39, 0.29) is 41.3 Å². The van der Waals surface area contributed by atoms with Gasteiger partial charge in [-0.15, -0.1) is 0 Å². The minimum Gasteiger partial charge on any atom is -0.495 e. The highest BCUT2D eigenvalue weighted by Gasteiger charge is 2.33. The second kappa shape index (κ2) is 11.9. The smallest absolute Gasteiger partial charge is 0.447 e. The predicted octanol–water partition coefficient (Wildman–Crippen LogP) is 4.49. The number of benzene rings is 1. The van der Waals surface area contributed by atoms with Gasteiger partial charge in [-0.2, -0.15) is 13.2 Å². The van der Waals surface area contributed by atoms with Crippen LogP contribution in [-0.4, -0.2) is 61.8 Å². The molecule has 1 aromatic carbocycles. The molecule has 2 aromatic heterocycles. The van der Waals surface area contributed by atoms with Crippen molar-refractivity contribution >= 4 is 34.6 Å². The summed E-state index contributed by atoms with van der Waals surface area (Å²) in [5.74, 6) is 5.91.